The van der Waals surface area contributed by atoms with E-state index in [0.717, 1.165) is 32.1 Å². The summed E-state index contributed by atoms with van der Waals surface area (Å²) in [6, 6.07) is 0. The van der Waals surface area contributed by atoms with E-state index in [-0.39, 0.29) is 12.4 Å². The van der Waals surface area contributed by atoms with Crippen LogP contribution in [0, 0.1) is 0 Å². The van der Waals surface area contributed by atoms with Gasteiger partial charge in [-0.2, -0.15) is 0 Å². The van der Waals surface area contributed by atoms with Crippen LogP contribution in [0.5, 0.6) is 0 Å². The summed E-state index contributed by atoms with van der Waals surface area (Å²) in [6.07, 6.45) is 15.3. The van der Waals surface area contributed by atoms with Crippen LogP contribution in [0.1, 0.15) is 64.7 Å². The van der Waals surface area contributed by atoms with Gasteiger partial charge in [0, 0.05) is 18.8 Å². The molecule has 1 unspecified atom stereocenters. The van der Waals surface area contributed by atoms with E-state index in [1.54, 1.807) is 0 Å². The third-order valence-electron chi connectivity index (χ3n) is 3.78. The fourth-order valence-electron chi connectivity index (χ4n) is 2.55. The van der Waals surface area contributed by atoms with Crippen molar-refractivity contribution in [2.24, 2.45) is 0 Å². The van der Waals surface area contributed by atoms with Gasteiger partial charge in [0.1, 0.15) is 6.54 Å². The van der Waals surface area contributed by atoms with Gasteiger partial charge in [-0.1, -0.05) is 44.1 Å². The third kappa shape index (κ3) is 17.2. The zero-order chi connectivity index (χ0) is 19.8. The number of unbranched alkanes of at least 4 members (excludes halogenated alkanes) is 4. The number of carbonyl (C=O) groups excluding carboxylic acids is 2. The van der Waals surface area contributed by atoms with Gasteiger partial charge in [-0.15, -0.1) is 0 Å². The van der Waals surface area contributed by atoms with Crippen LogP contribution >= 0.6 is 0 Å². The number of hydrogen-bond donors (Lipinski definition) is 0. The van der Waals surface area contributed by atoms with Crippen LogP contribution in [0.25, 0.3) is 0 Å². The maximum absolute atomic E-state index is 11.9. The molecular weight excluding hydrogens is 330 g/mol. The topological polar surface area (TPSA) is 66.4 Å². The van der Waals surface area contributed by atoms with E-state index >= 15 is 0 Å². The van der Waals surface area contributed by atoms with Crippen molar-refractivity contribution >= 4 is 11.9 Å². The Morgan fingerprint density at radius 2 is 1.62 bits per heavy atom. The van der Waals surface area contributed by atoms with Gasteiger partial charge < -0.3 is 19.1 Å². The highest BCUT2D eigenvalue weighted by Crippen LogP contribution is 2.09. The Morgan fingerprint density at radius 1 is 1.00 bits per heavy atom. The highest BCUT2D eigenvalue weighted by atomic mass is 16.5. The number of carbonyl (C=O) groups is 2. The Labute approximate surface area is 159 Å². The minimum Gasteiger partial charge on any atom is -0.550 e. The number of quaternary nitrogens is 1. The number of allylic oxidation sites excluding steroid dienone is 4. The molecule has 0 bridgehead atoms. The number of nitrogens with zero attached hydrogens (tertiary/aromatic N) is 1. The second-order valence-corrected chi connectivity index (χ2v) is 7.73. The van der Waals surface area contributed by atoms with Crippen molar-refractivity contribution in [1.82, 2.24) is 0 Å². The van der Waals surface area contributed by atoms with Crippen molar-refractivity contribution in [3.05, 3.63) is 24.3 Å². The van der Waals surface area contributed by atoms with Crippen molar-refractivity contribution in [1.29, 1.82) is 0 Å². The molecule has 5 nitrogen and oxygen atoms in total. The summed E-state index contributed by atoms with van der Waals surface area (Å²) in [5.74, 6) is -1.52. The lowest BCUT2D eigenvalue weighted by Crippen LogP contribution is -2.45. The molecule has 0 saturated carbocycles. The van der Waals surface area contributed by atoms with Crippen LogP contribution in [0.4, 0.5) is 0 Å². The molecular formula is C21H37NO4. The summed E-state index contributed by atoms with van der Waals surface area (Å²) in [5.41, 5.74) is 0. The second kappa shape index (κ2) is 14.5. The third-order valence-corrected chi connectivity index (χ3v) is 3.78. The zero-order valence-electron chi connectivity index (χ0n) is 17.0. The molecule has 0 N–H and O–H groups in total. The fourth-order valence-corrected chi connectivity index (χ4v) is 2.55. The summed E-state index contributed by atoms with van der Waals surface area (Å²) in [4.78, 5) is 22.7. The van der Waals surface area contributed by atoms with Gasteiger partial charge in [0.2, 0.25) is 0 Å². The zero-order valence-corrected chi connectivity index (χ0v) is 17.0. The Bertz CT molecular complexity index is 449. The number of esters is 1. The summed E-state index contributed by atoms with van der Waals surface area (Å²) in [7, 11) is 5.80. The van der Waals surface area contributed by atoms with Crippen molar-refractivity contribution in [2.45, 2.75) is 70.8 Å². The standard InChI is InChI=1S/C21H37NO4/c1-5-6-7-8-9-10-11-12-13-14-15-16-21(25)26-19(17-20(23)24)18-22(2,3)4/h8-9,11-12,19H,5-7,10,13-18H2,1-4H3/b9-8+,12-11+. The monoisotopic (exact) mass is 367 g/mol. The highest BCUT2D eigenvalue weighted by molar-refractivity contribution is 5.70. The number of aliphatic carboxylic acids is 1. The predicted molar refractivity (Wildman–Crippen MR) is 103 cm³/mol. The van der Waals surface area contributed by atoms with E-state index in [1.807, 2.05) is 21.1 Å². The molecule has 0 heterocycles. The Hall–Kier alpha value is -1.62. The number of ether oxygens (including phenoxy) is 1. The first-order valence-electron chi connectivity index (χ1n) is 9.74. The molecule has 26 heavy (non-hydrogen) atoms. The Balaban J connectivity index is 3.91. The lowest BCUT2D eigenvalue weighted by atomic mass is 10.1. The van der Waals surface area contributed by atoms with E-state index in [0.29, 0.717) is 17.4 Å². The average molecular weight is 368 g/mol. The highest BCUT2D eigenvalue weighted by Gasteiger charge is 2.22. The van der Waals surface area contributed by atoms with Crippen molar-refractivity contribution in [2.75, 3.05) is 27.7 Å². The lowest BCUT2D eigenvalue weighted by molar-refractivity contribution is -0.873. The largest absolute Gasteiger partial charge is 0.550 e. The van der Waals surface area contributed by atoms with Gasteiger partial charge in [0.05, 0.1) is 21.1 Å². The number of hydrogen-bond acceptors (Lipinski definition) is 4. The number of carboxylic acid groups (broad SMARTS) is 1. The summed E-state index contributed by atoms with van der Waals surface area (Å²) in [6.45, 7) is 2.64. The first-order chi connectivity index (χ1) is 12.2. The van der Waals surface area contributed by atoms with Gasteiger partial charge >= 0.3 is 5.97 Å². The molecule has 5 heteroatoms. The fraction of sp³-hybridized carbons (Fsp3) is 0.714. The van der Waals surface area contributed by atoms with Crippen molar-refractivity contribution in [3.63, 3.8) is 0 Å². The molecule has 0 aromatic carbocycles. The number of likely N-dealkylation sites (N-methyl/N-ethyl adjacent to an activating group) is 1. The SMILES string of the molecule is CCCC/C=C/C/C=C/CCCCC(=O)OC(CC(=O)[O-])C[N+](C)(C)C. The van der Waals surface area contributed by atoms with Gasteiger partial charge in [-0.25, -0.2) is 0 Å². The molecule has 0 aromatic heterocycles. The second-order valence-electron chi connectivity index (χ2n) is 7.73. The van der Waals surface area contributed by atoms with Gasteiger partial charge in [0.25, 0.3) is 0 Å². The predicted octanol–water partition coefficient (Wildman–Crippen LogP) is 3.00. The Kier molecular flexibility index (Phi) is 13.6. The lowest BCUT2D eigenvalue weighted by Gasteiger charge is -2.29. The first kappa shape index (κ1) is 24.4. The van der Waals surface area contributed by atoms with Crippen LogP contribution in [0.15, 0.2) is 24.3 Å². The molecule has 0 amide bonds. The van der Waals surface area contributed by atoms with Gasteiger partial charge in [-0.3, -0.25) is 4.79 Å². The van der Waals surface area contributed by atoms with Crippen molar-refractivity contribution < 1.29 is 23.9 Å². The quantitative estimate of drug-likeness (QED) is 0.193. The minimum atomic E-state index is -1.19. The van der Waals surface area contributed by atoms with Crippen LogP contribution in [-0.2, 0) is 14.3 Å². The molecule has 150 valence electrons. The molecule has 1 atom stereocenters. The number of carboxylic acids is 1. The summed E-state index contributed by atoms with van der Waals surface area (Å²) >= 11 is 0. The maximum Gasteiger partial charge on any atom is 0.306 e. The van der Waals surface area contributed by atoms with Crippen molar-refractivity contribution in [3.8, 4) is 0 Å². The van der Waals surface area contributed by atoms with Crippen LogP contribution in [0.3, 0.4) is 0 Å². The molecule has 0 aliphatic rings. The average Bonchev–Trinajstić information content (AvgIpc) is 2.50. The molecule has 0 saturated heterocycles. The molecule has 0 aliphatic carbocycles. The molecule has 0 fully saturated rings. The van der Waals surface area contributed by atoms with E-state index in [1.165, 1.54) is 12.8 Å². The first-order valence-corrected chi connectivity index (χ1v) is 9.74. The van der Waals surface area contributed by atoms with Crippen LogP contribution < -0.4 is 5.11 Å². The van der Waals surface area contributed by atoms with Gasteiger partial charge in [0.15, 0.2) is 6.10 Å². The van der Waals surface area contributed by atoms with E-state index in [2.05, 4.69) is 31.2 Å². The Morgan fingerprint density at radius 3 is 2.15 bits per heavy atom. The molecule has 0 aromatic rings. The van der Waals surface area contributed by atoms with Crippen LogP contribution in [0.2, 0.25) is 0 Å². The summed E-state index contributed by atoms with van der Waals surface area (Å²) in [5, 5.41) is 10.8. The molecule has 0 rings (SSSR count). The summed E-state index contributed by atoms with van der Waals surface area (Å²) < 4.78 is 5.86. The molecule has 0 radical (unpaired) electrons. The molecule has 0 spiro atoms. The van der Waals surface area contributed by atoms with E-state index < -0.39 is 12.1 Å². The van der Waals surface area contributed by atoms with Crippen LogP contribution in [-0.4, -0.2) is 50.2 Å². The molecule has 0 aliphatic heterocycles. The number of rotatable bonds is 15. The minimum absolute atomic E-state index is 0.254. The normalized spacial score (nSPS) is 13.4. The van der Waals surface area contributed by atoms with E-state index in [9.17, 15) is 14.7 Å². The smallest absolute Gasteiger partial charge is 0.306 e. The van der Waals surface area contributed by atoms with Gasteiger partial charge in [-0.05, 0) is 32.1 Å². The van der Waals surface area contributed by atoms with E-state index in [4.69, 9.17) is 4.74 Å². The maximum atomic E-state index is 11.9.